The van der Waals surface area contributed by atoms with E-state index in [2.05, 4.69) is 5.32 Å². The minimum atomic E-state index is -0.402. The van der Waals surface area contributed by atoms with Crippen molar-refractivity contribution < 1.29 is 9.53 Å². The van der Waals surface area contributed by atoms with Crippen molar-refractivity contribution in [3.05, 3.63) is 23.8 Å². The summed E-state index contributed by atoms with van der Waals surface area (Å²) in [4.78, 5) is 11.2. The van der Waals surface area contributed by atoms with Gasteiger partial charge in [0.1, 0.15) is 18.2 Å². The fraction of sp³-hybridized carbons (Fsp3) is 0.250. The highest BCUT2D eigenvalue weighted by atomic mass is 16.5. The molecule has 1 N–H and O–H groups in total. The van der Waals surface area contributed by atoms with E-state index < -0.39 is 5.91 Å². The van der Waals surface area contributed by atoms with Gasteiger partial charge >= 0.3 is 0 Å². The Balaban J connectivity index is 2.87. The van der Waals surface area contributed by atoms with Crippen molar-refractivity contribution in [2.24, 2.45) is 0 Å². The fourth-order valence-corrected chi connectivity index (χ4v) is 1.25. The molecular formula is C12H11N3O2. The molecule has 1 amide bonds. The molecule has 5 heteroatoms. The van der Waals surface area contributed by atoms with Gasteiger partial charge in [-0.05, 0) is 25.1 Å². The van der Waals surface area contributed by atoms with E-state index in [0.29, 0.717) is 23.6 Å². The van der Waals surface area contributed by atoms with Gasteiger partial charge in [0.25, 0.3) is 0 Å². The summed E-state index contributed by atoms with van der Waals surface area (Å²) in [5, 5.41) is 19.8. The number of nitrogens with zero attached hydrogens (tertiary/aromatic N) is 2. The van der Waals surface area contributed by atoms with Crippen LogP contribution in [-0.4, -0.2) is 12.5 Å². The predicted octanol–water partition coefficient (Wildman–Crippen LogP) is 1.81. The summed E-state index contributed by atoms with van der Waals surface area (Å²) in [7, 11) is 0. The van der Waals surface area contributed by atoms with Crippen molar-refractivity contribution in [1.82, 2.24) is 0 Å². The maximum Gasteiger partial charge on any atom is 0.238 e. The van der Waals surface area contributed by atoms with Crippen LogP contribution in [0.3, 0.4) is 0 Å². The molecule has 0 bridgehead atoms. The van der Waals surface area contributed by atoms with Gasteiger partial charge in [-0.15, -0.1) is 0 Å². The third kappa shape index (κ3) is 3.51. The SMILES string of the molecule is CCOc1ccc(NC(=O)CC#N)cc1C#N. The number of amides is 1. The molecule has 86 valence electrons. The second-order valence-corrected chi connectivity index (χ2v) is 3.14. The number of ether oxygens (including phenoxy) is 1. The van der Waals surface area contributed by atoms with Crippen LogP contribution >= 0.6 is 0 Å². The topological polar surface area (TPSA) is 85.9 Å². The van der Waals surface area contributed by atoms with E-state index in [1.165, 1.54) is 6.07 Å². The molecular weight excluding hydrogens is 218 g/mol. The molecule has 0 spiro atoms. The smallest absolute Gasteiger partial charge is 0.238 e. The fourth-order valence-electron chi connectivity index (χ4n) is 1.25. The monoisotopic (exact) mass is 229 g/mol. The number of nitriles is 2. The Morgan fingerprint density at radius 1 is 1.47 bits per heavy atom. The van der Waals surface area contributed by atoms with E-state index in [-0.39, 0.29) is 6.42 Å². The lowest BCUT2D eigenvalue weighted by Crippen LogP contribution is -2.10. The molecule has 0 unspecified atom stereocenters. The minimum absolute atomic E-state index is 0.213. The quantitative estimate of drug-likeness (QED) is 0.853. The summed E-state index contributed by atoms with van der Waals surface area (Å²) >= 11 is 0. The molecule has 1 aromatic rings. The first-order chi connectivity index (χ1) is 8.21. The lowest BCUT2D eigenvalue weighted by Gasteiger charge is -2.07. The second kappa shape index (κ2) is 6.14. The van der Waals surface area contributed by atoms with Gasteiger partial charge in [-0.1, -0.05) is 0 Å². The lowest BCUT2D eigenvalue weighted by molar-refractivity contribution is -0.115. The Bertz CT molecular complexity index is 497. The first-order valence-electron chi connectivity index (χ1n) is 5.05. The van der Waals surface area contributed by atoms with E-state index in [0.717, 1.165) is 0 Å². The lowest BCUT2D eigenvalue weighted by atomic mass is 10.2. The van der Waals surface area contributed by atoms with Crippen LogP contribution in [0.15, 0.2) is 18.2 Å². The molecule has 0 aromatic heterocycles. The third-order valence-corrected chi connectivity index (χ3v) is 1.92. The van der Waals surface area contributed by atoms with E-state index in [9.17, 15) is 4.79 Å². The molecule has 0 saturated carbocycles. The Labute approximate surface area is 99.2 Å². The van der Waals surface area contributed by atoms with Gasteiger partial charge < -0.3 is 10.1 Å². The highest BCUT2D eigenvalue weighted by molar-refractivity contribution is 5.92. The largest absolute Gasteiger partial charge is 0.492 e. The van der Waals surface area contributed by atoms with Gasteiger partial charge in [-0.25, -0.2) is 0 Å². The van der Waals surface area contributed by atoms with Crippen molar-refractivity contribution >= 4 is 11.6 Å². The van der Waals surface area contributed by atoms with E-state index in [1.54, 1.807) is 18.2 Å². The Morgan fingerprint density at radius 3 is 2.82 bits per heavy atom. The average molecular weight is 229 g/mol. The summed E-state index contributed by atoms with van der Waals surface area (Å²) in [5.74, 6) is 0.0776. The van der Waals surface area contributed by atoms with Crippen molar-refractivity contribution in [3.63, 3.8) is 0 Å². The zero-order chi connectivity index (χ0) is 12.7. The van der Waals surface area contributed by atoms with Gasteiger partial charge in [0.05, 0.1) is 18.2 Å². The molecule has 1 aromatic carbocycles. The van der Waals surface area contributed by atoms with Crippen molar-refractivity contribution in [1.29, 1.82) is 10.5 Å². The molecule has 0 aliphatic rings. The van der Waals surface area contributed by atoms with Gasteiger partial charge in [0.15, 0.2) is 0 Å². The number of anilines is 1. The number of hydrogen-bond acceptors (Lipinski definition) is 4. The number of hydrogen-bond donors (Lipinski definition) is 1. The molecule has 0 radical (unpaired) electrons. The standard InChI is InChI=1S/C12H11N3O2/c1-2-17-11-4-3-10(7-9(11)8-14)15-12(16)5-6-13/h3-4,7H,2,5H2,1H3,(H,15,16). The van der Waals surface area contributed by atoms with Gasteiger partial charge in [-0.3, -0.25) is 4.79 Å². The maximum atomic E-state index is 11.2. The number of carbonyl (C=O) groups is 1. The maximum absolute atomic E-state index is 11.2. The molecule has 1 rings (SSSR count). The van der Waals surface area contributed by atoms with Crippen LogP contribution < -0.4 is 10.1 Å². The predicted molar refractivity (Wildman–Crippen MR) is 61.2 cm³/mol. The van der Waals surface area contributed by atoms with Gasteiger partial charge in [0.2, 0.25) is 5.91 Å². The average Bonchev–Trinajstić information content (AvgIpc) is 2.31. The van der Waals surface area contributed by atoms with Crippen LogP contribution in [0, 0.1) is 22.7 Å². The van der Waals surface area contributed by atoms with Crippen molar-refractivity contribution in [3.8, 4) is 17.9 Å². The zero-order valence-corrected chi connectivity index (χ0v) is 9.36. The highest BCUT2D eigenvalue weighted by Gasteiger charge is 2.06. The normalized spacial score (nSPS) is 8.88. The molecule has 0 fully saturated rings. The summed E-state index contributed by atoms with van der Waals surface area (Å²) in [6.07, 6.45) is -0.213. The first kappa shape index (κ1) is 12.5. The Kier molecular flexibility index (Phi) is 4.53. The second-order valence-electron chi connectivity index (χ2n) is 3.14. The number of rotatable bonds is 4. The first-order valence-corrected chi connectivity index (χ1v) is 5.05. The molecule has 0 heterocycles. The number of nitrogens with one attached hydrogen (secondary N) is 1. The van der Waals surface area contributed by atoms with Crippen LogP contribution in [0.25, 0.3) is 0 Å². The Morgan fingerprint density at radius 2 is 2.24 bits per heavy atom. The van der Waals surface area contributed by atoms with Crippen molar-refractivity contribution in [2.45, 2.75) is 13.3 Å². The zero-order valence-electron chi connectivity index (χ0n) is 9.36. The Hall–Kier alpha value is -2.53. The molecule has 17 heavy (non-hydrogen) atoms. The molecule has 0 aliphatic carbocycles. The van der Waals surface area contributed by atoms with Crippen LogP contribution in [-0.2, 0) is 4.79 Å². The van der Waals surface area contributed by atoms with E-state index >= 15 is 0 Å². The van der Waals surface area contributed by atoms with E-state index in [4.69, 9.17) is 15.3 Å². The van der Waals surface area contributed by atoms with Crippen LogP contribution in [0.5, 0.6) is 5.75 Å². The van der Waals surface area contributed by atoms with Crippen LogP contribution in [0.1, 0.15) is 18.9 Å². The highest BCUT2D eigenvalue weighted by Crippen LogP contribution is 2.22. The molecule has 5 nitrogen and oxygen atoms in total. The minimum Gasteiger partial charge on any atom is -0.492 e. The van der Waals surface area contributed by atoms with Gasteiger partial charge in [0, 0.05) is 5.69 Å². The van der Waals surface area contributed by atoms with Crippen LogP contribution in [0.2, 0.25) is 0 Å². The van der Waals surface area contributed by atoms with Gasteiger partial charge in [-0.2, -0.15) is 10.5 Å². The van der Waals surface area contributed by atoms with E-state index in [1.807, 2.05) is 13.0 Å². The summed E-state index contributed by atoms with van der Waals surface area (Å²) in [6.45, 7) is 2.29. The third-order valence-electron chi connectivity index (χ3n) is 1.92. The summed E-state index contributed by atoms with van der Waals surface area (Å²) in [6, 6.07) is 8.49. The number of benzene rings is 1. The van der Waals surface area contributed by atoms with Crippen molar-refractivity contribution in [2.75, 3.05) is 11.9 Å². The number of carbonyl (C=O) groups excluding carboxylic acids is 1. The molecule has 0 aliphatic heterocycles. The molecule has 0 atom stereocenters. The summed E-state index contributed by atoms with van der Waals surface area (Å²) < 4.78 is 5.25. The molecule has 0 saturated heterocycles. The van der Waals surface area contributed by atoms with Crippen LogP contribution in [0.4, 0.5) is 5.69 Å². The summed E-state index contributed by atoms with van der Waals surface area (Å²) in [5.41, 5.74) is 0.826.